The summed E-state index contributed by atoms with van der Waals surface area (Å²) >= 11 is 0. The summed E-state index contributed by atoms with van der Waals surface area (Å²) in [6, 6.07) is 3.22. The Balaban J connectivity index is 1.99. The second-order valence-electron chi connectivity index (χ2n) is 4.39. The molecule has 0 spiro atoms. The number of rotatable bonds is 5. The molecule has 0 amide bonds. The highest BCUT2D eigenvalue weighted by molar-refractivity contribution is 5.10. The molecule has 0 aromatic carbocycles. The lowest BCUT2D eigenvalue weighted by molar-refractivity contribution is 0.499. The van der Waals surface area contributed by atoms with Crippen molar-refractivity contribution in [2.75, 3.05) is 0 Å². The zero-order valence-corrected chi connectivity index (χ0v) is 11.1. The molecule has 0 radical (unpaired) electrons. The van der Waals surface area contributed by atoms with Crippen LogP contribution in [0.15, 0.2) is 30.7 Å². The van der Waals surface area contributed by atoms with Gasteiger partial charge in [-0.3, -0.25) is 15.0 Å². The van der Waals surface area contributed by atoms with Crippen molar-refractivity contribution in [1.82, 2.24) is 20.3 Å². The molecule has 1 N–H and O–H groups in total. The van der Waals surface area contributed by atoms with E-state index in [1.54, 1.807) is 18.5 Å². The van der Waals surface area contributed by atoms with E-state index in [0.717, 1.165) is 23.5 Å². The van der Waals surface area contributed by atoms with Crippen molar-refractivity contribution in [1.29, 1.82) is 0 Å². The van der Waals surface area contributed by atoms with Crippen LogP contribution in [0.3, 0.4) is 0 Å². The maximum absolute atomic E-state index is 12.8. The van der Waals surface area contributed by atoms with Gasteiger partial charge in [-0.1, -0.05) is 6.92 Å². The lowest BCUT2D eigenvalue weighted by atomic mass is 10.1. The molecule has 19 heavy (non-hydrogen) atoms. The van der Waals surface area contributed by atoms with Crippen molar-refractivity contribution in [3.8, 4) is 0 Å². The molecule has 4 nitrogen and oxygen atoms in total. The third-order valence-corrected chi connectivity index (χ3v) is 2.88. The highest BCUT2D eigenvalue weighted by Gasteiger charge is 2.10. The molecule has 2 rings (SSSR count). The molecule has 0 aliphatic heterocycles. The minimum Gasteiger partial charge on any atom is -0.303 e. The number of aryl methyl sites for hydroxylation is 1. The lowest BCUT2D eigenvalue weighted by Crippen LogP contribution is -2.22. The summed E-state index contributed by atoms with van der Waals surface area (Å²) in [5, 5.41) is 3.35. The maximum Gasteiger partial charge on any atom is 0.141 e. The van der Waals surface area contributed by atoms with E-state index in [1.807, 2.05) is 6.92 Å². The van der Waals surface area contributed by atoms with E-state index >= 15 is 0 Å². The molecule has 2 aromatic rings. The van der Waals surface area contributed by atoms with E-state index in [9.17, 15) is 4.39 Å². The SMILES string of the molecule is CCC(NCc1cnc(C)cn1)c1ccc(F)cn1. The Morgan fingerprint density at radius 1 is 1.16 bits per heavy atom. The Morgan fingerprint density at radius 2 is 2.00 bits per heavy atom. The summed E-state index contributed by atoms with van der Waals surface area (Å²) in [4.78, 5) is 12.6. The molecule has 2 aromatic heterocycles. The predicted molar refractivity (Wildman–Crippen MR) is 70.8 cm³/mol. The summed E-state index contributed by atoms with van der Waals surface area (Å²) in [6.07, 6.45) is 5.62. The number of hydrogen-bond acceptors (Lipinski definition) is 4. The van der Waals surface area contributed by atoms with Gasteiger partial charge < -0.3 is 5.32 Å². The highest BCUT2D eigenvalue weighted by Crippen LogP contribution is 2.14. The number of nitrogens with zero attached hydrogens (tertiary/aromatic N) is 3. The average Bonchev–Trinajstić information content (AvgIpc) is 2.43. The average molecular weight is 260 g/mol. The predicted octanol–water partition coefficient (Wildman–Crippen LogP) is 2.56. The fraction of sp³-hybridized carbons (Fsp3) is 0.357. The third-order valence-electron chi connectivity index (χ3n) is 2.88. The van der Waals surface area contributed by atoms with Crippen LogP contribution < -0.4 is 5.32 Å². The van der Waals surface area contributed by atoms with Gasteiger partial charge in [0, 0.05) is 25.0 Å². The standard InChI is InChI=1S/C14H17FN4/c1-3-13(14-5-4-11(15)7-18-14)19-9-12-8-16-10(2)6-17-12/h4-8,13,19H,3,9H2,1-2H3. The molecular weight excluding hydrogens is 243 g/mol. The first-order valence-electron chi connectivity index (χ1n) is 6.31. The van der Waals surface area contributed by atoms with Crippen LogP contribution in [0.25, 0.3) is 0 Å². The first-order chi connectivity index (χ1) is 9.19. The first kappa shape index (κ1) is 13.5. The zero-order chi connectivity index (χ0) is 13.7. The van der Waals surface area contributed by atoms with Crippen LogP contribution in [0, 0.1) is 12.7 Å². The molecule has 2 heterocycles. The van der Waals surface area contributed by atoms with Crippen LogP contribution in [-0.2, 0) is 6.54 Å². The number of pyridine rings is 1. The van der Waals surface area contributed by atoms with Crippen molar-refractivity contribution in [3.05, 3.63) is 53.6 Å². The summed E-state index contributed by atoms with van der Waals surface area (Å²) in [5.41, 5.74) is 2.62. The van der Waals surface area contributed by atoms with Gasteiger partial charge in [-0.05, 0) is 25.5 Å². The Bertz CT molecular complexity index is 510. The fourth-order valence-electron chi connectivity index (χ4n) is 1.79. The van der Waals surface area contributed by atoms with Gasteiger partial charge in [0.25, 0.3) is 0 Å². The van der Waals surface area contributed by atoms with E-state index in [-0.39, 0.29) is 11.9 Å². The van der Waals surface area contributed by atoms with Crippen molar-refractivity contribution < 1.29 is 4.39 Å². The van der Waals surface area contributed by atoms with Gasteiger partial charge in [0.2, 0.25) is 0 Å². The van der Waals surface area contributed by atoms with Crippen LogP contribution in [0.1, 0.15) is 36.5 Å². The highest BCUT2D eigenvalue weighted by atomic mass is 19.1. The Kier molecular flexibility index (Phi) is 4.52. The van der Waals surface area contributed by atoms with Crippen molar-refractivity contribution in [3.63, 3.8) is 0 Å². The smallest absolute Gasteiger partial charge is 0.141 e. The normalized spacial score (nSPS) is 12.4. The van der Waals surface area contributed by atoms with Gasteiger partial charge in [-0.2, -0.15) is 0 Å². The van der Waals surface area contributed by atoms with E-state index in [1.165, 1.54) is 12.3 Å². The monoisotopic (exact) mass is 260 g/mol. The van der Waals surface area contributed by atoms with Crippen LogP contribution in [0.4, 0.5) is 4.39 Å². The summed E-state index contributed by atoms with van der Waals surface area (Å²) < 4.78 is 12.8. The molecule has 100 valence electrons. The molecule has 0 aliphatic rings. The number of nitrogens with one attached hydrogen (secondary N) is 1. The minimum absolute atomic E-state index is 0.0868. The second kappa shape index (κ2) is 6.33. The molecular formula is C14H17FN4. The molecule has 5 heteroatoms. The Labute approximate surface area is 112 Å². The first-order valence-corrected chi connectivity index (χ1v) is 6.31. The molecule has 0 saturated heterocycles. The van der Waals surface area contributed by atoms with Crippen LogP contribution >= 0.6 is 0 Å². The molecule has 1 atom stereocenters. The summed E-state index contributed by atoms with van der Waals surface area (Å²) in [6.45, 7) is 4.58. The molecule has 1 unspecified atom stereocenters. The number of halogens is 1. The summed E-state index contributed by atoms with van der Waals surface area (Å²) in [7, 11) is 0. The van der Waals surface area contributed by atoms with Gasteiger partial charge in [0.1, 0.15) is 5.82 Å². The maximum atomic E-state index is 12.8. The van der Waals surface area contributed by atoms with Crippen molar-refractivity contribution >= 4 is 0 Å². The van der Waals surface area contributed by atoms with Gasteiger partial charge in [-0.15, -0.1) is 0 Å². The van der Waals surface area contributed by atoms with E-state index in [2.05, 4.69) is 27.2 Å². The fourth-order valence-corrected chi connectivity index (χ4v) is 1.79. The molecule has 0 aliphatic carbocycles. The quantitative estimate of drug-likeness (QED) is 0.897. The third kappa shape index (κ3) is 3.79. The second-order valence-corrected chi connectivity index (χ2v) is 4.39. The minimum atomic E-state index is -0.317. The molecule has 0 saturated carbocycles. The Hall–Kier alpha value is -1.88. The number of hydrogen-bond donors (Lipinski definition) is 1. The van der Waals surface area contributed by atoms with E-state index in [0.29, 0.717) is 6.54 Å². The van der Waals surface area contributed by atoms with Gasteiger partial charge >= 0.3 is 0 Å². The Morgan fingerprint density at radius 3 is 2.58 bits per heavy atom. The lowest BCUT2D eigenvalue weighted by Gasteiger charge is -2.16. The van der Waals surface area contributed by atoms with Crippen molar-refractivity contribution in [2.24, 2.45) is 0 Å². The van der Waals surface area contributed by atoms with Gasteiger partial charge in [-0.25, -0.2) is 4.39 Å². The van der Waals surface area contributed by atoms with Crippen LogP contribution in [0.5, 0.6) is 0 Å². The summed E-state index contributed by atoms with van der Waals surface area (Å²) in [5.74, 6) is -0.317. The topological polar surface area (TPSA) is 50.7 Å². The van der Waals surface area contributed by atoms with Crippen molar-refractivity contribution in [2.45, 2.75) is 32.9 Å². The van der Waals surface area contributed by atoms with Gasteiger partial charge in [0.15, 0.2) is 0 Å². The van der Waals surface area contributed by atoms with E-state index < -0.39 is 0 Å². The van der Waals surface area contributed by atoms with Crippen LogP contribution in [-0.4, -0.2) is 15.0 Å². The molecule has 0 fully saturated rings. The van der Waals surface area contributed by atoms with Crippen LogP contribution in [0.2, 0.25) is 0 Å². The molecule has 0 bridgehead atoms. The number of aromatic nitrogens is 3. The van der Waals surface area contributed by atoms with E-state index in [4.69, 9.17) is 0 Å². The van der Waals surface area contributed by atoms with Gasteiger partial charge in [0.05, 0.1) is 23.3 Å². The zero-order valence-electron chi connectivity index (χ0n) is 11.1. The largest absolute Gasteiger partial charge is 0.303 e.